The molecular formula is C67H122O6. The molecule has 0 spiro atoms. The van der Waals surface area contributed by atoms with Crippen molar-refractivity contribution in [2.75, 3.05) is 13.2 Å². The van der Waals surface area contributed by atoms with Crippen LogP contribution >= 0.6 is 0 Å². The predicted molar refractivity (Wildman–Crippen MR) is 316 cm³/mol. The van der Waals surface area contributed by atoms with Crippen LogP contribution in [0.25, 0.3) is 0 Å². The number of rotatable bonds is 59. The van der Waals surface area contributed by atoms with Gasteiger partial charge in [0.25, 0.3) is 0 Å². The van der Waals surface area contributed by atoms with Crippen LogP contribution in [0.4, 0.5) is 0 Å². The van der Waals surface area contributed by atoms with Gasteiger partial charge in [-0.3, -0.25) is 14.4 Å². The number of hydrogen-bond donors (Lipinski definition) is 0. The van der Waals surface area contributed by atoms with Gasteiger partial charge in [-0.05, 0) is 57.8 Å². The smallest absolute Gasteiger partial charge is 0.306 e. The second-order valence-corrected chi connectivity index (χ2v) is 21.7. The van der Waals surface area contributed by atoms with Crippen molar-refractivity contribution in [2.45, 2.75) is 348 Å². The Balaban J connectivity index is 4.29. The van der Waals surface area contributed by atoms with Gasteiger partial charge < -0.3 is 14.2 Å². The zero-order valence-corrected chi connectivity index (χ0v) is 48.9. The molecule has 1 unspecified atom stereocenters. The van der Waals surface area contributed by atoms with Crippen molar-refractivity contribution in [3.8, 4) is 0 Å². The molecule has 6 heteroatoms. The molecule has 426 valence electrons. The number of hydrogen-bond acceptors (Lipinski definition) is 6. The summed E-state index contributed by atoms with van der Waals surface area (Å²) in [6.45, 7) is 6.57. The third-order valence-corrected chi connectivity index (χ3v) is 14.3. The fourth-order valence-corrected chi connectivity index (χ4v) is 9.56. The van der Waals surface area contributed by atoms with Gasteiger partial charge in [-0.15, -0.1) is 0 Å². The number of esters is 3. The van der Waals surface area contributed by atoms with E-state index in [4.69, 9.17) is 14.2 Å². The number of allylic oxidation sites excluding steroid dienone is 8. The SMILES string of the molecule is CC/C=C\C/C=C\C/C=C\C/C=C\CCCCCCCCC(=O)OC(COC(=O)CCCCCCCCCCCCCCC)COC(=O)CCCCCCCCCCCCCCCCCCCCCCCCC. The van der Waals surface area contributed by atoms with Gasteiger partial charge in [0.15, 0.2) is 6.10 Å². The standard InChI is InChI=1S/C67H122O6/c1-4-7-10-13-16-19-22-25-27-29-31-32-33-34-36-37-39-42-45-48-51-54-57-60-66(69)72-63-64(62-71-65(68)59-56-53-50-47-44-41-24-21-18-15-12-9-6-3)73-67(70)61-58-55-52-49-46-43-40-38-35-30-28-26-23-20-17-14-11-8-5-2/h8,11,17,20,26,28,35,38,64H,4-7,9-10,12-16,18-19,21-25,27,29-34,36-37,39-63H2,1-3H3/b11-8-,20-17-,28-26-,38-35-. The summed E-state index contributed by atoms with van der Waals surface area (Å²) in [6.07, 6.45) is 76.9. The van der Waals surface area contributed by atoms with Crippen LogP contribution in [0.2, 0.25) is 0 Å². The van der Waals surface area contributed by atoms with Crippen LogP contribution in [-0.2, 0) is 28.6 Å². The largest absolute Gasteiger partial charge is 0.462 e. The minimum absolute atomic E-state index is 0.0742. The quantitative estimate of drug-likeness (QED) is 0.0261. The van der Waals surface area contributed by atoms with Gasteiger partial charge in [-0.2, -0.15) is 0 Å². The molecule has 0 aliphatic carbocycles. The molecular weight excluding hydrogens is 901 g/mol. The molecule has 0 aromatic rings. The van der Waals surface area contributed by atoms with Gasteiger partial charge in [0.1, 0.15) is 13.2 Å². The number of carbonyl (C=O) groups excluding carboxylic acids is 3. The molecule has 73 heavy (non-hydrogen) atoms. The van der Waals surface area contributed by atoms with Crippen LogP contribution in [-0.4, -0.2) is 37.2 Å². The molecule has 0 radical (unpaired) electrons. The fraction of sp³-hybridized carbons (Fsp3) is 0.836. The Hall–Kier alpha value is -2.63. The Morgan fingerprint density at radius 1 is 0.288 bits per heavy atom. The minimum Gasteiger partial charge on any atom is -0.462 e. The van der Waals surface area contributed by atoms with E-state index in [9.17, 15) is 14.4 Å². The molecule has 0 amide bonds. The van der Waals surface area contributed by atoms with E-state index in [-0.39, 0.29) is 31.1 Å². The minimum atomic E-state index is -0.778. The van der Waals surface area contributed by atoms with E-state index in [1.165, 1.54) is 205 Å². The molecule has 0 saturated carbocycles. The molecule has 0 fully saturated rings. The summed E-state index contributed by atoms with van der Waals surface area (Å²) in [7, 11) is 0. The summed E-state index contributed by atoms with van der Waals surface area (Å²) >= 11 is 0. The van der Waals surface area contributed by atoms with Crippen molar-refractivity contribution in [3.05, 3.63) is 48.6 Å². The molecule has 0 aromatic carbocycles. The summed E-state index contributed by atoms with van der Waals surface area (Å²) < 4.78 is 16.9. The second-order valence-electron chi connectivity index (χ2n) is 21.7. The zero-order valence-electron chi connectivity index (χ0n) is 48.9. The molecule has 0 aliphatic rings. The van der Waals surface area contributed by atoms with Crippen LogP contribution < -0.4 is 0 Å². The number of unbranched alkanes of at least 4 members (excludes halogenated alkanes) is 40. The maximum Gasteiger partial charge on any atom is 0.306 e. The molecule has 0 aliphatic heterocycles. The Bertz CT molecular complexity index is 1270. The third-order valence-electron chi connectivity index (χ3n) is 14.3. The highest BCUT2D eigenvalue weighted by atomic mass is 16.6. The van der Waals surface area contributed by atoms with Crippen molar-refractivity contribution in [3.63, 3.8) is 0 Å². The summed E-state index contributed by atoms with van der Waals surface area (Å²) in [5.41, 5.74) is 0. The fourth-order valence-electron chi connectivity index (χ4n) is 9.56. The molecule has 6 nitrogen and oxygen atoms in total. The van der Waals surface area contributed by atoms with Crippen molar-refractivity contribution in [2.24, 2.45) is 0 Å². The van der Waals surface area contributed by atoms with Crippen molar-refractivity contribution in [1.82, 2.24) is 0 Å². The first-order valence-corrected chi connectivity index (χ1v) is 32.1. The first kappa shape index (κ1) is 70.4. The molecule has 0 bridgehead atoms. The van der Waals surface area contributed by atoms with Crippen LogP contribution in [0.1, 0.15) is 342 Å². The second kappa shape index (κ2) is 61.9. The highest BCUT2D eigenvalue weighted by Gasteiger charge is 2.19. The van der Waals surface area contributed by atoms with E-state index in [1.807, 2.05) is 0 Å². The first-order chi connectivity index (χ1) is 36.0. The molecule has 0 rings (SSSR count). The summed E-state index contributed by atoms with van der Waals surface area (Å²) in [5, 5.41) is 0. The van der Waals surface area contributed by atoms with Gasteiger partial charge >= 0.3 is 17.9 Å². The summed E-state index contributed by atoms with van der Waals surface area (Å²) in [6, 6.07) is 0. The lowest BCUT2D eigenvalue weighted by Gasteiger charge is -2.18. The van der Waals surface area contributed by atoms with Crippen LogP contribution in [0, 0.1) is 0 Å². The van der Waals surface area contributed by atoms with E-state index < -0.39 is 6.10 Å². The Morgan fingerprint density at radius 3 is 0.836 bits per heavy atom. The first-order valence-electron chi connectivity index (χ1n) is 32.1. The van der Waals surface area contributed by atoms with Crippen LogP contribution in [0.3, 0.4) is 0 Å². The van der Waals surface area contributed by atoms with Crippen molar-refractivity contribution >= 4 is 17.9 Å². The highest BCUT2D eigenvalue weighted by Crippen LogP contribution is 2.18. The molecule has 1 atom stereocenters. The Labute approximate surface area is 454 Å². The lowest BCUT2D eigenvalue weighted by Crippen LogP contribution is -2.30. The maximum atomic E-state index is 12.9. The summed E-state index contributed by atoms with van der Waals surface area (Å²) in [5.74, 6) is -0.866. The normalized spacial score (nSPS) is 12.3. The third kappa shape index (κ3) is 60.1. The van der Waals surface area contributed by atoms with Gasteiger partial charge in [0.05, 0.1) is 0 Å². The van der Waals surface area contributed by atoms with E-state index >= 15 is 0 Å². The monoisotopic (exact) mass is 1020 g/mol. The van der Waals surface area contributed by atoms with E-state index in [0.29, 0.717) is 19.3 Å². The highest BCUT2D eigenvalue weighted by molar-refractivity contribution is 5.71. The molecule has 0 aromatic heterocycles. The predicted octanol–water partition coefficient (Wildman–Crippen LogP) is 21.8. The van der Waals surface area contributed by atoms with E-state index in [2.05, 4.69) is 69.4 Å². The average Bonchev–Trinajstić information content (AvgIpc) is 3.39. The maximum absolute atomic E-state index is 12.9. The Kier molecular flexibility index (Phi) is 59.7. The van der Waals surface area contributed by atoms with Gasteiger partial charge in [0.2, 0.25) is 0 Å². The molecule has 0 saturated heterocycles. The Morgan fingerprint density at radius 2 is 0.534 bits per heavy atom. The van der Waals surface area contributed by atoms with Crippen molar-refractivity contribution in [1.29, 1.82) is 0 Å². The average molecular weight is 1020 g/mol. The number of ether oxygens (including phenoxy) is 3. The lowest BCUT2D eigenvalue weighted by atomic mass is 10.0. The van der Waals surface area contributed by atoms with Crippen LogP contribution in [0.5, 0.6) is 0 Å². The van der Waals surface area contributed by atoms with Gasteiger partial charge in [-0.1, -0.05) is 313 Å². The number of carbonyl (C=O) groups is 3. The van der Waals surface area contributed by atoms with Crippen LogP contribution in [0.15, 0.2) is 48.6 Å². The summed E-state index contributed by atoms with van der Waals surface area (Å²) in [4.78, 5) is 38.3. The zero-order chi connectivity index (χ0) is 52.9. The molecule has 0 heterocycles. The van der Waals surface area contributed by atoms with E-state index in [0.717, 1.165) is 96.3 Å². The molecule has 0 N–H and O–H groups in total. The topological polar surface area (TPSA) is 78.9 Å². The lowest BCUT2D eigenvalue weighted by molar-refractivity contribution is -0.167. The van der Waals surface area contributed by atoms with E-state index in [1.54, 1.807) is 0 Å². The van der Waals surface area contributed by atoms with Gasteiger partial charge in [0, 0.05) is 19.3 Å². The van der Waals surface area contributed by atoms with Gasteiger partial charge in [-0.25, -0.2) is 0 Å². The van der Waals surface area contributed by atoms with Crippen molar-refractivity contribution < 1.29 is 28.6 Å².